The second-order valence-corrected chi connectivity index (χ2v) is 8.11. The van der Waals surface area contributed by atoms with E-state index in [1.165, 1.54) is 23.2 Å². The molecule has 0 saturated heterocycles. The summed E-state index contributed by atoms with van der Waals surface area (Å²) in [5.74, 6) is 0. The molecule has 1 heterocycles. The average molecular weight is 337 g/mol. The van der Waals surface area contributed by atoms with Gasteiger partial charge < -0.3 is 8.92 Å². The molecule has 1 aliphatic rings. The van der Waals surface area contributed by atoms with Crippen LogP contribution >= 0.6 is 12.0 Å². The molecule has 23 heavy (non-hydrogen) atoms. The second kappa shape index (κ2) is 6.73. The number of fused-ring (bicyclic) bond motifs is 1. The van der Waals surface area contributed by atoms with Gasteiger partial charge in [-0.05, 0) is 56.4 Å². The molecule has 2 rings (SSSR count). The normalized spacial score (nSPS) is 16.3. The predicted octanol–water partition coefficient (Wildman–Crippen LogP) is 4.56. The SMILES string of the molecule is CSOCCc1ccc2c(c1)C(C)(C)CN2C(=O)OC(C)(C)C. The van der Waals surface area contributed by atoms with E-state index in [0.717, 1.165) is 12.1 Å². The Balaban J connectivity index is 2.23. The van der Waals surface area contributed by atoms with Gasteiger partial charge in [-0.15, -0.1) is 0 Å². The van der Waals surface area contributed by atoms with Crippen molar-refractivity contribution in [3.8, 4) is 0 Å². The summed E-state index contributed by atoms with van der Waals surface area (Å²) in [6, 6.07) is 6.30. The molecule has 4 nitrogen and oxygen atoms in total. The van der Waals surface area contributed by atoms with Crippen LogP contribution in [0.1, 0.15) is 45.7 Å². The van der Waals surface area contributed by atoms with Crippen LogP contribution < -0.4 is 4.90 Å². The van der Waals surface area contributed by atoms with Crippen molar-refractivity contribution in [1.82, 2.24) is 0 Å². The largest absolute Gasteiger partial charge is 0.443 e. The topological polar surface area (TPSA) is 38.8 Å². The summed E-state index contributed by atoms with van der Waals surface area (Å²) in [5.41, 5.74) is 2.82. The molecule has 128 valence electrons. The fourth-order valence-corrected chi connectivity index (χ4v) is 3.05. The minimum absolute atomic E-state index is 0.0807. The molecule has 0 saturated carbocycles. The van der Waals surface area contributed by atoms with Crippen molar-refractivity contribution in [2.24, 2.45) is 0 Å². The van der Waals surface area contributed by atoms with Gasteiger partial charge in [-0.2, -0.15) is 0 Å². The number of ether oxygens (including phenoxy) is 1. The summed E-state index contributed by atoms with van der Waals surface area (Å²) >= 11 is 1.39. The highest BCUT2D eigenvalue weighted by atomic mass is 32.2. The van der Waals surface area contributed by atoms with Crippen molar-refractivity contribution in [1.29, 1.82) is 0 Å². The van der Waals surface area contributed by atoms with Gasteiger partial charge in [-0.1, -0.05) is 26.0 Å². The number of hydrogen-bond donors (Lipinski definition) is 0. The molecule has 1 aromatic rings. The van der Waals surface area contributed by atoms with E-state index in [1.54, 1.807) is 4.90 Å². The molecule has 0 N–H and O–H groups in total. The van der Waals surface area contributed by atoms with Crippen molar-refractivity contribution < 1.29 is 13.7 Å². The second-order valence-electron chi connectivity index (χ2n) is 7.54. The Labute approximate surface area is 143 Å². The Bertz CT molecular complexity index is 578. The minimum atomic E-state index is -0.487. The van der Waals surface area contributed by atoms with Crippen LogP contribution in [0, 0.1) is 0 Å². The Hall–Kier alpha value is -1.20. The van der Waals surface area contributed by atoms with Gasteiger partial charge in [0, 0.05) is 18.2 Å². The monoisotopic (exact) mass is 337 g/mol. The molecule has 0 unspecified atom stereocenters. The highest BCUT2D eigenvalue weighted by Crippen LogP contribution is 2.41. The summed E-state index contributed by atoms with van der Waals surface area (Å²) in [7, 11) is 0. The number of rotatable bonds is 4. The zero-order valence-corrected chi connectivity index (χ0v) is 15.8. The lowest BCUT2D eigenvalue weighted by atomic mass is 9.86. The van der Waals surface area contributed by atoms with Crippen molar-refractivity contribution in [3.05, 3.63) is 29.3 Å². The zero-order valence-electron chi connectivity index (χ0n) is 14.9. The first-order valence-corrected chi connectivity index (χ1v) is 9.08. The van der Waals surface area contributed by atoms with Crippen LogP contribution in [0.4, 0.5) is 10.5 Å². The number of hydrogen-bond acceptors (Lipinski definition) is 4. The van der Waals surface area contributed by atoms with Crippen molar-refractivity contribution >= 4 is 23.8 Å². The van der Waals surface area contributed by atoms with E-state index >= 15 is 0 Å². The van der Waals surface area contributed by atoms with Crippen LogP contribution in [0.25, 0.3) is 0 Å². The van der Waals surface area contributed by atoms with Crippen LogP contribution in [0.3, 0.4) is 0 Å². The molecule has 0 radical (unpaired) electrons. The summed E-state index contributed by atoms with van der Waals surface area (Å²) in [5, 5.41) is 0. The highest BCUT2D eigenvalue weighted by Gasteiger charge is 2.39. The van der Waals surface area contributed by atoms with Crippen LogP contribution in [0.2, 0.25) is 0 Å². The minimum Gasteiger partial charge on any atom is -0.443 e. The van der Waals surface area contributed by atoms with E-state index in [1.807, 2.05) is 33.1 Å². The van der Waals surface area contributed by atoms with E-state index in [0.29, 0.717) is 13.2 Å². The van der Waals surface area contributed by atoms with E-state index in [4.69, 9.17) is 8.92 Å². The van der Waals surface area contributed by atoms with Gasteiger partial charge in [0.05, 0.1) is 12.3 Å². The molecule has 0 spiro atoms. The molecule has 0 aliphatic carbocycles. The first-order valence-electron chi connectivity index (χ1n) is 7.93. The molecule has 1 amide bonds. The molecule has 1 aromatic carbocycles. The number of benzene rings is 1. The van der Waals surface area contributed by atoms with Crippen molar-refractivity contribution in [3.63, 3.8) is 0 Å². The summed E-state index contributed by atoms with van der Waals surface area (Å²) in [6.45, 7) is 11.3. The van der Waals surface area contributed by atoms with Gasteiger partial charge in [0.2, 0.25) is 0 Å². The lowest BCUT2D eigenvalue weighted by Crippen LogP contribution is -2.38. The number of carbonyl (C=O) groups is 1. The summed E-state index contributed by atoms with van der Waals surface area (Å²) in [4.78, 5) is 14.2. The van der Waals surface area contributed by atoms with E-state index in [-0.39, 0.29) is 11.5 Å². The molecule has 0 bridgehead atoms. The first-order chi connectivity index (χ1) is 10.6. The number of anilines is 1. The fourth-order valence-electron chi connectivity index (χ4n) is 2.80. The molecule has 0 atom stereocenters. The quantitative estimate of drug-likeness (QED) is 0.596. The third-order valence-corrected chi connectivity index (χ3v) is 4.24. The number of nitrogens with zero attached hydrogens (tertiary/aromatic N) is 1. The van der Waals surface area contributed by atoms with E-state index in [2.05, 4.69) is 26.0 Å². The van der Waals surface area contributed by atoms with Crippen LogP contribution in [0.5, 0.6) is 0 Å². The van der Waals surface area contributed by atoms with Gasteiger partial charge in [0.1, 0.15) is 5.60 Å². The predicted molar refractivity (Wildman–Crippen MR) is 96.2 cm³/mol. The van der Waals surface area contributed by atoms with Crippen LogP contribution in [0.15, 0.2) is 18.2 Å². The molecule has 0 aromatic heterocycles. The first kappa shape index (κ1) is 18.1. The van der Waals surface area contributed by atoms with E-state index < -0.39 is 5.60 Å². The Morgan fingerprint density at radius 1 is 1.35 bits per heavy atom. The van der Waals surface area contributed by atoms with Crippen molar-refractivity contribution in [2.45, 2.75) is 52.1 Å². The molecule has 5 heteroatoms. The number of amides is 1. The van der Waals surface area contributed by atoms with Gasteiger partial charge in [-0.25, -0.2) is 4.79 Å². The molecular formula is C18H27NO3S. The maximum Gasteiger partial charge on any atom is 0.414 e. The van der Waals surface area contributed by atoms with Crippen LogP contribution in [-0.4, -0.2) is 31.1 Å². The highest BCUT2D eigenvalue weighted by molar-refractivity contribution is 7.93. The van der Waals surface area contributed by atoms with Gasteiger partial charge in [0.25, 0.3) is 0 Å². The summed E-state index contributed by atoms with van der Waals surface area (Å²) in [6.07, 6.45) is 2.52. The van der Waals surface area contributed by atoms with Gasteiger partial charge in [0.15, 0.2) is 0 Å². The molecule has 0 fully saturated rings. The molecular weight excluding hydrogens is 310 g/mol. The Morgan fingerprint density at radius 3 is 2.65 bits per heavy atom. The smallest absolute Gasteiger partial charge is 0.414 e. The lowest BCUT2D eigenvalue weighted by molar-refractivity contribution is 0.0579. The maximum absolute atomic E-state index is 12.5. The zero-order chi connectivity index (χ0) is 17.3. The number of carbonyl (C=O) groups excluding carboxylic acids is 1. The fraction of sp³-hybridized carbons (Fsp3) is 0.611. The third-order valence-electron chi connectivity index (χ3n) is 3.84. The molecule has 1 aliphatic heterocycles. The van der Waals surface area contributed by atoms with Crippen molar-refractivity contribution in [2.75, 3.05) is 24.3 Å². The Morgan fingerprint density at radius 2 is 2.04 bits per heavy atom. The Kier molecular flexibility index (Phi) is 5.31. The average Bonchev–Trinajstić information content (AvgIpc) is 2.69. The lowest BCUT2D eigenvalue weighted by Gasteiger charge is -2.25. The van der Waals surface area contributed by atoms with Gasteiger partial charge in [-0.3, -0.25) is 4.90 Å². The standard InChI is InChI=1S/C18H27NO3S/c1-17(2,3)22-16(20)19-12-18(4,5)14-11-13(7-8-15(14)19)9-10-21-23-6/h7-8,11H,9-10,12H2,1-6H3. The van der Waals surface area contributed by atoms with Gasteiger partial charge >= 0.3 is 6.09 Å². The van der Waals surface area contributed by atoms with Crippen LogP contribution in [-0.2, 0) is 20.8 Å². The maximum atomic E-state index is 12.5. The third kappa shape index (κ3) is 4.42. The summed E-state index contributed by atoms with van der Waals surface area (Å²) < 4.78 is 10.9. The van der Waals surface area contributed by atoms with E-state index in [9.17, 15) is 4.79 Å².